The van der Waals surface area contributed by atoms with Gasteiger partial charge in [0.1, 0.15) is 4.90 Å². The lowest BCUT2D eigenvalue weighted by molar-refractivity contribution is 0.162. The predicted octanol–water partition coefficient (Wildman–Crippen LogP) is 2.09. The molecule has 0 bridgehead atoms. The molecule has 0 amide bonds. The van der Waals surface area contributed by atoms with Crippen LogP contribution in [0.2, 0.25) is 5.02 Å². The highest BCUT2D eigenvalue weighted by atomic mass is 35.5. The largest absolute Gasteiger partial charge is 0.393 e. The van der Waals surface area contributed by atoms with Crippen molar-refractivity contribution < 1.29 is 13.5 Å². The standard InChI is InChI=1S/C12H18ClNO3S/c1-3-10(15)7-8-14-18(16,17)11-6-4-5-9(2)12(11)13/h4-6,10,14-15H,3,7-8H2,1-2H3. The Kier molecular flexibility index (Phi) is 5.59. The van der Waals surface area contributed by atoms with Gasteiger partial charge in [-0.2, -0.15) is 0 Å². The van der Waals surface area contributed by atoms with Crippen molar-refractivity contribution in [2.75, 3.05) is 6.54 Å². The Bertz CT molecular complexity index is 502. The van der Waals surface area contributed by atoms with Crippen molar-refractivity contribution in [3.05, 3.63) is 28.8 Å². The molecule has 0 saturated heterocycles. The lowest BCUT2D eigenvalue weighted by Crippen LogP contribution is -2.27. The molecule has 0 fully saturated rings. The zero-order valence-electron chi connectivity index (χ0n) is 10.5. The van der Waals surface area contributed by atoms with Crippen LogP contribution in [-0.2, 0) is 10.0 Å². The highest BCUT2D eigenvalue weighted by Crippen LogP contribution is 2.24. The Morgan fingerprint density at radius 2 is 2.11 bits per heavy atom. The van der Waals surface area contributed by atoms with E-state index in [1.807, 2.05) is 6.92 Å². The summed E-state index contributed by atoms with van der Waals surface area (Å²) in [6, 6.07) is 4.87. The lowest BCUT2D eigenvalue weighted by Gasteiger charge is -2.11. The molecule has 1 aromatic rings. The zero-order valence-corrected chi connectivity index (χ0v) is 12.1. The van der Waals surface area contributed by atoms with Crippen molar-refractivity contribution in [3.63, 3.8) is 0 Å². The Hall–Kier alpha value is -0.620. The lowest BCUT2D eigenvalue weighted by atomic mass is 10.2. The van der Waals surface area contributed by atoms with E-state index in [9.17, 15) is 13.5 Å². The van der Waals surface area contributed by atoms with Gasteiger partial charge >= 0.3 is 0 Å². The molecule has 0 saturated carbocycles. The van der Waals surface area contributed by atoms with E-state index in [0.717, 1.165) is 0 Å². The van der Waals surface area contributed by atoms with Crippen LogP contribution in [0.5, 0.6) is 0 Å². The van der Waals surface area contributed by atoms with Gasteiger partial charge in [-0.15, -0.1) is 0 Å². The molecule has 1 atom stereocenters. The molecule has 0 spiro atoms. The van der Waals surface area contributed by atoms with Gasteiger partial charge in [-0.05, 0) is 31.4 Å². The minimum absolute atomic E-state index is 0.0788. The van der Waals surface area contributed by atoms with Crippen LogP contribution in [0, 0.1) is 6.92 Å². The van der Waals surface area contributed by atoms with Crippen LogP contribution in [0.3, 0.4) is 0 Å². The summed E-state index contributed by atoms with van der Waals surface area (Å²) in [6.07, 6.45) is 0.507. The molecule has 1 rings (SSSR count). The highest BCUT2D eigenvalue weighted by molar-refractivity contribution is 7.89. The molecule has 0 heterocycles. The van der Waals surface area contributed by atoms with Crippen LogP contribution in [0.1, 0.15) is 25.3 Å². The summed E-state index contributed by atoms with van der Waals surface area (Å²) in [5.74, 6) is 0. The number of aryl methyl sites for hydroxylation is 1. The number of nitrogens with one attached hydrogen (secondary N) is 1. The molecule has 102 valence electrons. The Morgan fingerprint density at radius 3 is 2.72 bits per heavy atom. The maximum absolute atomic E-state index is 12.0. The first-order valence-electron chi connectivity index (χ1n) is 5.81. The van der Waals surface area contributed by atoms with Crippen LogP contribution in [-0.4, -0.2) is 26.2 Å². The molecule has 0 aliphatic heterocycles. The fourth-order valence-electron chi connectivity index (χ4n) is 1.47. The number of aliphatic hydroxyl groups excluding tert-OH is 1. The molecular formula is C12H18ClNO3S. The van der Waals surface area contributed by atoms with Gasteiger partial charge in [-0.25, -0.2) is 13.1 Å². The average Bonchev–Trinajstić information content (AvgIpc) is 2.32. The number of benzene rings is 1. The van der Waals surface area contributed by atoms with E-state index in [2.05, 4.69) is 4.72 Å². The zero-order chi connectivity index (χ0) is 13.8. The molecule has 4 nitrogen and oxygen atoms in total. The summed E-state index contributed by atoms with van der Waals surface area (Å²) in [5, 5.41) is 9.60. The number of hydrogen-bond acceptors (Lipinski definition) is 3. The molecule has 0 aliphatic rings. The van der Waals surface area contributed by atoms with Gasteiger partial charge in [-0.3, -0.25) is 0 Å². The van der Waals surface area contributed by atoms with Gasteiger partial charge in [0.2, 0.25) is 10.0 Å². The minimum atomic E-state index is -3.61. The molecule has 6 heteroatoms. The number of hydrogen-bond donors (Lipinski definition) is 2. The van der Waals surface area contributed by atoms with E-state index in [1.165, 1.54) is 6.07 Å². The second kappa shape index (κ2) is 6.52. The molecular weight excluding hydrogens is 274 g/mol. The first-order chi connectivity index (χ1) is 8.38. The average molecular weight is 292 g/mol. The van der Waals surface area contributed by atoms with Crippen LogP contribution < -0.4 is 4.72 Å². The molecule has 0 radical (unpaired) electrons. The third kappa shape index (κ3) is 3.95. The van der Waals surface area contributed by atoms with E-state index >= 15 is 0 Å². The van der Waals surface area contributed by atoms with Gasteiger partial charge in [0.25, 0.3) is 0 Å². The molecule has 2 N–H and O–H groups in total. The number of halogens is 1. The van der Waals surface area contributed by atoms with Gasteiger partial charge in [0.15, 0.2) is 0 Å². The van der Waals surface area contributed by atoms with E-state index in [0.29, 0.717) is 18.4 Å². The first-order valence-corrected chi connectivity index (χ1v) is 7.67. The van der Waals surface area contributed by atoms with E-state index in [4.69, 9.17) is 11.6 Å². The van der Waals surface area contributed by atoms with E-state index in [1.54, 1.807) is 19.1 Å². The van der Waals surface area contributed by atoms with Gasteiger partial charge in [-0.1, -0.05) is 30.7 Å². The third-order valence-corrected chi connectivity index (χ3v) is 4.80. The Balaban J connectivity index is 2.78. The highest BCUT2D eigenvalue weighted by Gasteiger charge is 2.18. The van der Waals surface area contributed by atoms with Crippen molar-refractivity contribution >= 4 is 21.6 Å². The van der Waals surface area contributed by atoms with Crippen LogP contribution in [0.25, 0.3) is 0 Å². The monoisotopic (exact) mass is 291 g/mol. The Morgan fingerprint density at radius 1 is 1.44 bits per heavy atom. The summed E-state index contributed by atoms with van der Waals surface area (Å²) in [6.45, 7) is 3.79. The number of rotatable bonds is 6. The molecule has 1 unspecified atom stereocenters. The van der Waals surface area contributed by atoms with Gasteiger partial charge < -0.3 is 5.11 Å². The summed E-state index contributed by atoms with van der Waals surface area (Å²) in [4.78, 5) is 0.0788. The fourth-order valence-corrected chi connectivity index (χ4v) is 3.10. The third-order valence-electron chi connectivity index (χ3n) is 2.69. The minimum Gasteiger partial charge on any atom is -0.393 e. The van der Waals surface area contributed by atoms with E-state index in [-0.39, 0.29) is 16.5 Å². The SMILES string of the molecule is CCC(O)CCNS(=O)(=O)c1cccc(C)c1Cl. The van der Waals surface area contributed by atoms with Crippen molar-refractivity contribution in [1.29, 1.82) is 0 Å². The number of sulfonamides is 1. The Labute approximate surface area is 113 Å². The summed E-state index contributed by atoms with van der Waals surface area (Å²) < 4.78 is 26.4. The quantitative estimate of drug-likeness (QED) is 0.843. The summed E-state index contributed by atoms with van der Waals surface area (Å²) >= 11 is 5.98. The smallest absolute Gasteiger partial charge is 0.242 e. The maximum Gasteiger partial charge on any atom is 0.242 e. The van der Waals surface area contributed by atoms with Crippen molar-refractivity contribution in [2.45, 2.75) is 37.7 Å². The van der Waals surface area contributed by atoms with Gasteiger partial charge in [0, 0.05) is 6.54 Å². The topological polar surface area (TPSA) is 66.4 Å². The molecule has 18 heavy (non-hydrogen) atoms. The predicted molar refractivity (Wildman–Crippen MR) is 72.3 cm³/mol. The first kappa shape index (κ1) is 15.4. The summed E-state index contributed by atoms with van der Waals surface area (Å²) in [5.41, 5.74) is 0.716. The van der Waals surface area contributed by atoms with E-state index < -0.39 is 16.1 Å². The van der Waals surface area contributed by atoms with Crippen molar-refractivity contribution in [2.24, 2.45) is 0 Å². The van der Waals surface area contributed by atoms with Crippen molar-refractivity contribution in [1.82, 2.24) is 4.72 Å². The number of aliphatic hydroxyl groups is 1. The van der Waals surface area contributed by atoms with Gasteiger partial charge in [0.05, 0.1) is 11.1 Å². The van der Waals surface area contributed by atoms with Crippen LogP contribution >= 0.6 is 11.6 Å². The second-order valence-corrected chi connectivity index (χ2v) is 6.25. The summed E-state index contributed by atoms with van der Waals surface area (Å²) in [7, 11) is -3.61. The van der Waals surface area contributed by atoms with Crippen molar-refractivity contribution in [3.8, 4) is 0 Å². The second-order valence-electron chi connectivity index (χ2n) is 4.14. The maximum atomic E-state index is 12.0. The molecule has 0 aromatic heterocycles. The normalized spacial score (nSPS) is 13.6. The molecule has 0 aliphatic carbocycles. The molecule has 1 aromatic carbocycles. The fraction of sp³-hybridized carbons (Fsp3) is 0.500. The van der Waals surface area contributed by atoms with Crippen LogP contribution in [0.4, 0.5) is 0 Å². The van der Waals surface area contributed by atoms with Crippen LogP contribution in [0.15, 0.2) is 23.1 Å².